The third-order valence-electron chi connectivity index (χ3n) is 6.98. The fraction of sp³-hybridized carbons (Fsp3) is 0.429. The van der Waals surface area contributed by atoms with Crippen LogP contribution in [0.4, 0.5) is 0 Å². The first-order valence-corrected chi connectivity index (χ1v) is 12.8. The van der Waals surface area contributed by atoms with Crippen LogP contribution in [0.5, 0.6) is 16.7 Å². The van der Waals surface area contributed by atoms with E-state index >= 15 is 0 Å². The molecule has 5 nitrogen and oxygen atoms in total. The second-order valence-electron chi connectivity index (χ2n) is 9.42. The zero-order valence-electron chi connectivity index (χ0n) is 20.6. The van der Waals surface area contributed by atoms with Crippen molar-refractivity contribution in [1.29, 1.82) is 0 Å². The van der Waals surface area contributed by atoms with E-state index in [0.717, 1.165) is 46.4 Å². The monoisotopic (exact) mass is 479 g/mol. The van der Waals surface area contributed by atoms with E-state index in [1.807, 2.05) is 43.3 Å². The van der Waals surface area contributed by atoms with E-state index in [1.54, 1.807) is 7.11 Å². The number of carbonyl (C=O) groups excluding carboxylic acids is 1. The normalized spacial score (nSPS) is 23.9. The maximum atomic E-state index is 13.4. The molecule has 0 saturated carbocycles. The summed E-state index contributed by atoms with van der Waals surface area (Å²) in [5.74, 6) is 2.07. The minimum absolute atomic E-state index is 0.00452. The number of carbonyl (C=O) groups is 1. The number of methoxy groups -OCH3 is 1. The highest BCUT2D eigenvalue weighted by Crippen LogP contribution is 2.38. The average molecular weight is 480 g/mol. The molecule has 1 aliphatic rings. The van der Waals surface area contributed by atoms with Gasteiger partial charge in [-0.15, -0.1) is 0 Å². The van der Waals surface area contributed by atoms with Crippen LogP contribution in [0.25, 0.3) is 15.8 Å². The summed E-state index contributed by atoms with van der Waals surface area (Å²) >= 11 is 1.44. The van der Waals surface area contributed by atoms with Crippen LogP contribution in [0, 0.1) is 17.8 Å². The number of aliphatic hydroxyl groups excluding tert-OH is 1. The fourth-order valence-electron chi connectivity index (χ4n) is 4.56. The van der Waals surface area contributed by atoms with Crippen LogP contribution in [0.15, 0.2) is 42.2 Å². The molecule has 0 radical (unpaired) electrons. The highest BCUT2D eigenvalue weighted by Gasteiger charge is 2.29. The second-order valence-corrected chi connectivity index (χ2v) is 10.4. The van der Waals surface area contributed by atoms with Crippen LogP contribution in [-0.2, 0) is 11.2 Å². The molecular formula is C28H33NO4S. The minimum Gasteiger partial charge on any atom is -0.511 e. The van der Waals surface area contributed by atoms with Crippen LogP contribution in [-0.4, -0.2) is 23.0 Å². The molecular weight excluding hydrogens is 446 g/mol. The average Bonchev–Trinajstić information content (AvgIpc) is 3.23. The van der Waals surface area contributed by atoms with Crippen molar-refractivity contribution in [3.63, 3.8) is 0 Å². The Bertz CT molecular complexity index is 1230. The van der Waals surface area contributed by atoms with Gasteiger partial charge in [-0.2, -0.15) is 0 Å². The first kappa shape index (κ1) is 24.3. The van der Waals surface area contributed by atoms with Gasteiger partial charge in [0.1, 0.15) is 17.3 Å². The van der Waals surface area contributed by atoms with Gasteiger partial charge in [0.05, 0.1) is 22.9 Å². The van der Waals surface area contributed by atoms with Crippen molar-refractivity contribution < 1.29 is 19.4 Å². The van der Waals surface area contributed by atoms with Gasteiger partial charge in [-0.25, -0.2) is 4.98 Å². The van der Waals surface area contributed by atoms with E-state index in [2.05, 4.69) is 25.8 Å². The summed E-state index contributed by atoms with van der Waals surface area (Å²) in [5.41, 5.74) is 3.07. The van der Waals surface area contributed by atoms with Crippen LogP contribution >= 0.6 is 11.3 Å². The zero-order chi connectivity index (χ0) is 24.4. The molecule has 1 unspecified atom stereocenters. The first-order chi connectivity index (χ1) is 16.3. The molecule has 0 fully saturated rings. The van der Waals surface area contributed by atoms with Gasteiger partial charge in [0.15, 0.2) is 5.78 Å². The molecule has 1 N–H and O–H groups in total. The number of Topliss-reactive ketones (excluding diaryl/α,β-unsaturated/α-hetero) is 1. The van der Waals surface area contributed by atoms with Crippen LogP contribution in [0.3, 0.4) is 0 Å². The highest BCUT2D eigenvalue weighted by molar-refractivity contribution is 7.20. The van der Waals surface area contributed by atoms with Gasteiger partial charge in [0.2, 0.25) is 0 Å². The molecule has 0 amide bonds. The van der Waals surface area contributed by atoms with Gasteiger partial charge in [0, 0.05) is 12.3 Å². The molecule has 3 aromatic rings. The molecule has 34 heavy (non-hydrogen) atoms. The molecule has 1 heterocycles. The number of allylic oxidation sites excluding steroid dienone is 2. The smallest absolute Gasteiger partial charge is 0.279 e. The maximum Gasteiger partial charge on any atom is 0.279 e. The molecule has 1 aromatic heterocycles. The van der Waals surface area contributed by atoms with Crippen molar-refractivity contribution in [2.75, 3.05) is 7.11 Å². The number of hydrogen-bond donors (Lipinski definition) is 1. The van der Waals surface area contributed by atoms with Crippen LogP contribution in [0.2, 0.25) is 0 Å². The number of aliphatic hydroxyl groups is 1. The van der Waals surface area contributed by atoms with E-state index in [1.165, 1.54) is 11.3 Å². The van der Waals surface area contributed by atoms with Crippen molar-refractivity contribution in [1.82, 2.24) is 4.98 Å². The van der Waals surface area contributed by atoms with E-state index in [9.17, 15) is 9.90 Å². The van der Waals surface area contributed by atoms with Gasteiger partial charge in [-0.05, 0) is 72.6 Å². The van der Waals surface area contributed by atoms with Crippen molar-refractivity contribution in [2.45, 2.75) is 53.4 Å². The lowest BCUT2D eigenvalue weighted by Crippen LogP contribution is -2.15. The number of aryl methyl sites for hydroxylation is 1. The molecule has 1 aliphatic carbocycles. The molecule has 0 bridgehead atoms. The minimum atomic E-state index is -0.0854. The second kappa shape index (κ2) is 10.2. The van der Waals surface area contributed by atoms with Crippen molar-refractivity contribution in [3.05, 3.63) is 53.3 Å². The summed E-state index contributed by atoms with van der Waals surface area (Å²) in [6, 6.07) is 11.5. The molecule has 180 valence electrons. The molecule has 3 atom stereocenters. The topological polar surface area (TPSA) is 68.7 Å². The van der Waals surface area contributed by atoms with E-state index in [0.29, 0.717) is 28.9 Å². The number of nitrogens with zero attached hydrogens (tertiary/aromatic N) is 1. The number of aromatic nitrogens is 1. The fourth-order valence-corrected chi connectivity index (χ4v) is 5.42. The summed E-state index contributed by atoms with van der Waals surface area (Å²) in [6.45, 7) is 8.36. The van der Waals surface area contributed by atoms with Gasteiger partial charge >= 0.3 is 0 Å². The summed E-state index contributed by atoms with van der Waals surface area (Å²) in [7, 11) is 1.64. The first-order valence-electron chi connectivity index (χ1n) is 12.0. The van der Waals surface area contributed by atoms with Crippen molar-refractivity contribution in [3.8, 4) is 16.7 Å². The number of hydrogen-bond acceptors (Lipinski definition) is 6. The lowest BCUT2D eigenvalue weighted by atomic mass is 9.85. The largest absolute Gasteiger partial charge is 0.511 e. The predicted molar refractivity (Wildman–Crippen MR) is 138 cm³/mol. The standard InChI is InChI=1S/C28H33NO4S/c1-6-19-9-10-21(33-28-29-23-12-11-20(32-5)15-25(23)34-28)14-22(19)26-24(30)13-16(2)7-8-17(3)18(4)27(26)31/h9-12,14-18,31H,6-8,13H2,1-5H3/b27-26+/t16-,17+,18?/m1/s1. The Morgan fingerprint density at radius 3 is 2.59 bits per heavy atom. The van der Waals surface area contributed by atoms with E-state index < -0.39 is 0 Å². The number of fused-ring (bicyclic) bond motifs is 1. The lowest BCUT2D eigenvalue weighted by Gasteiger charge is -2.21. The lowest BCUT2D eigenvalue weighted by molar-refractivity contribution is -0.114. The number of benzene rings is 2. The molecule has 4 rings (SSSR count). The van der Waals surface area contributed by atoms with E-state index in [-0.39, 0.29) is 23.4 Å². The summed E-state index contributed by atoms with van der Waals surface area (Å²) in [4.78, 5) is 18.0. The Labute approximate surface area is 205 Å². The number of ketones is 1. The summed E-state index contributed by atoms with van der Waals surface area (Å²) in [5, 5.41) is 11.8. The van der Waals surface area contributed by atoms with E-state index in [4.69, 9.17) is 9.47 Å². The highest BCUT2D eigenvalue weighted by atomic mass is 32.1. The Balaban J connectivity index is 1.75. The van der Waals surface area contributed by atoms with Gasteiger partial charge in [0.25, 0.3) is 5.19 Å². The summed E-state index contributed by atoms with van der Waals surface area (Å²) < 4.78 is 12.4. The molecule has 2 aromatic carbocycles. The Morgan fingerprint density at radius 1 is 1.09 bits per heavy atom. The number of rotatable bonds is 5. The maximum absolute atomic E-state index is 13.4. The molecule has 0 saturated heterocycles. The molecule has 0 aliphatic heterocycles. The Hall–Kier alpha value is -2.86. The SMILES string of the molecule is CCc1ccc(Oc2nc3ccc(OC)cc3s2)cc1/C1=C(\O)C(C)[C@@H](C)CC[C@@H](C)CC1=O. The van der Waals surface area contributed by atoms with Crippen LogP contribution < -0.4 is 9.47 Å². The predicted octanol–water partition coefficient (Wildman–Crippen LogP) is 7.59. The number of thiazole rings is 1. The van der Waals surface area contributed by atoms with Gasteiger partial charge < -0.3 is 14.6 Å². The zero-order valence-corrected chi connectivity index (χ0v) is 21.4. The third kappa shape index (κ3) is 4.97. The molecule has 6 heteroatoms. The Morgan fingerprint density at radius 2 is 1.85 bits per heavy atom. The third-order valence-corrected chi connectivity index (χ3v) is 7.88. The van der Waals surface area contributed by atoms with Gasteiger partial charge in [-0.3, -0.25) is 4.79 Å². The van der Waals surface area contributed by atoms with Crippen molar-refractivity contribution >= 4 is 32.9 Å². The number of ether oxygens (including phenoxy) is 2. The summed E-state index contributed by atoms with van der Waals surface area (Å²) in [6.07, 6.45) is 3.18. The van der Waals surface area contributed by atoms with Crippen LogP contribution in [0.1, 0.15) is 58.1 Å². The van der Waals surface area contributed by atoms with Crippen molar-refractivity contribution in [2.24, 2.45) is 17.8 Å². The quantitative estimate of drug-likeness (QED) is 0.408. The van der Waals surface area contributed by atoms with Gasteiger partial charge in [-0.1, -0.05) is 45.1 Å². The Kier molecular flexibility index (Phi) is 7.27. The molecule has 0 spiro atoms.